The highest BCUT2D eigenvalue weighted by molar-refractivity contribution is 7.89. The Hall–Kier alpha value is -1.51. The lowest BCUT2D eigenvalue weighted by Gasteiger charge is -2.10. The summed E-state index contributed by atoms with van der Waals surface area (Å²) in [4.78, 5) is 10.2. The molecule has 1 atom stereocenters. The van der Waals surface area contributed by atoms with E-state index in [4.69, 9.17) is 5.11 Å². The van der Waals surface area contributed by atoms with Gasteiger partial charge in [0.05, 0.1) is 9.82 Å². The molecule has 0 aliphatic carbocycles. The molecule has 0 saturated heterocycles. The van der Waals surface area contributed by atoms with Crippen LogP contribution in [0.5, 0.6) is 0 Å². The van der Waals surface area contributed by atoms with Crippen LogP contribution in [0.25, 0.3) is 0 Å². The van der Waals surface area contributed by atoms with E-state index < -0.39 is 14.9 Å². The Morgan fingerprint density at radius 2 is 2.10 bits per heavy atom. The molecule has 0 amide bonds. The van der Waals surface area contributed by atoms with Crippen LogP contribution in [0.15, 0.2) is 23.1 Å². The van der Waals surface area contributed by atoms with Crippen molar-refractivity contribution >= 4 is 15.7 Å². The molecule has 1 aromatic carbocycles. The second-order valence-corrected chi connectivity index (χ2v) is 6.72. The summed E-state index contributed by atoms with van der Waals surface area (Å²) in [5.74, 6) is 0.119. The van der Waals surface area contributed by atoms with Crippen LogP contribution in [0, 0.1) is 23.0 Å². The van der Waals surface area contributed by atoms with Crippen molar-refractivity contribution in [3.05, 3.63) is 33.9 Å². The molecule has 0 fully saturated rings. The van der Waals surface area contributed by atoms with Crippen LogP contribution >= 0.6 is 0 Å². The Kier molecular flexibility index (Phi) is 6.25. The minimum absolute atomic E-state index is 0.0662. The number of aliphatic hydroxyl groups is 1. The summed E-state index contributed by atoms with van der Waals surface area (Å²) in [6, 6.07) is 3.98. The maximum atomic E-state index is 12.2. The van der Waals surface area contributed by atoms with Gasteiger partial charge in [0.1, 0.15) is 0 Å². The minimum Gasteiger partial charge on any atom is -0.396 e. The van der Waals surface area contributed by atoms with E-state index in [1.807, 2.05) is 6.92 Å². The van der Waals surface area contributed by atoms with Gasteiger partial charge in [-0.05, 0) is 31.7 Å². The smallest absolute Gasteiger partial charge is 0.273 e. The molecule has 0 heterocycles. The molecule has 1 unspecified atom stereocenters. The topological polar surface area (TPSA) is 110 Å². The molecular weight excluding hydrogens is 296 g/mol. The third-order valence-electron chi connectivity index (χ3n) is 3.22. The first kappa shape index (κ1) is 17.5. The fourth-order valence-electron chi connectivity index (χ4n) is 1.92. The lowest BCUT2D eigenvalue weighted by Crippen LogP contribution is -2.26. The molecule has 1 aromatic rings. The third-order valence-corrected chi connectivity index (χ3v) is 4.82. The summed E-state index contributed by atoms with van der Waals surface area (Å²) in [6.07, 6.45) is 1.29. The van der Waals surface area contributed by atoms with Crippen molar-refractivity contribution in [3.8, 4) is 0 Å². The van der Waals surface area contributed by atoms with Gasteiger partial charge in [0.2, 0.25) is 10.0 Å². The van der Waals surface area contributed by atoms with Gasteiger partial charge >= 0.3 is 0 Å². The molecule has 118 valence electrons. The van der Waals surface area contributed by atoms with Gasteiger partial charge < -0.3 is 5.11 Å². The number of hydrogen-bond acceptors (Lipinski definition) is 5. The van der Waals surface area contributed by atoms with E-state index in [-0.39, 0.29) is 35.2 Å². The van der Waals surface area contributed by atoms with Crippen molar-refractivity contribution in [2.24, 2.45) is 5.92 Å². The predicted molar refractivity (Wildman–Crippen MR) is 78.5 cm³/mol. The first-order chi connectivity index (χ1) is 9.79. The number of nitrogens with one attached hydrogen (secondary N) is 1. The van der Waals surface area contributed by atoms with Crippen molar-refractivity contribution in [3.63, 3.8) is 0 Å². The number of nitro groups is 1. The highest BCUT2D eigenvalue weighted by atomic mass is 32.2. The zero-order valence-electron chi connectivity index (χ0n) is 12.1. The van der Waals surface area contributed by atoms with Crippen LogP contribution in [-0.4, -0.2) is 31.6 Å². The van der Waals surface area contributed by atoms with Crippen molar-refractivity contribution in [2.75, 3.05) is 13.2 Å². The Bertz CT molecular complexity index is 601. The first-order valence-electron chi connectivity index (χ1n) is 6.64. The first-order valence-corrected chi connectivity index (χ1v) is 8.12. The maximum Gasteiger partial charge on any atom is 0.273 e. The summed E-state index contributed by atoms with van der Waals surface area (Å²) < 4.78 is 26.7. The van der Waals surface area contributed by atoms with E-state index in [9.17, 15) is 18.5 Å². The molecular formula is C13H20N2O5S. The average Bonchev–Trinajstić information content (AvgIpc) is 2.43. The van der Waals surface area contributed by atoms with Gasteiger partial charge in [0.15, 0.2) is 0 Å². The van der Waals surface area contributed by atoms with E-state index in [2.05, 4.69) is 4.72 Å². The molecule has 0 aliphatic rings. The van der Waals surface area contributed by atoms with Gasteiger partial charge in [0, 0.05) is 24.8 Å². The monoisotopic (exact) mass is 316 g/mol. The van der Waals surface area contributed by atoms with E-state index in [1.54, 1.807) is 0 Å². The van der Waals surface area contributed by atoms with Crippen molar-refractivity contribution in [2.45, 2.75) is 31.6 Å². The Morgan fingerprint density at radius 3 is 2.67 bits per heavy atom. The number of hydrogen-bond donors (Lipinski definition) is 2. The molecule has 21 heavy (non-hydrogen) atoms. The minimum atomic E-state index is -3.77. The zero-order valence-corrected chi connectivity index (χ0v) is 12.9. The predicted octanol–water partition coefficient (Wildman–Crippen LogP) is 1.59. The molecule has 1 rings (SSSR count). The molecule has 8 heteroatoms. The highest BCUT2D eigenvalue weighted by Gasteiger charge is 2.22. The van der Waals surface area contributed by atoms with Crippen LogP contribution in [0.3, 0.4) is 0 Å². The molecule has 7 nitrogen and oxygen atoms in total. The average molecular weight is 316 g/mol. The number of benzene rings is 1. The largest absolute Gasteiger partial charge is 0.396 e. The molecule has 0 radical (unpaired) electrons. The Balaban J connectivity index is 2.80. The quantitative estimate of drug-likeness (QED) is 0.430. The molecule has 0 aliphatic heterocycles. The molecule has 0 saturated carbocycles. The maximum absolute atomic E-state index is 12.2. The van der Waals surface area contributed by atoms with E-state index in [0.29, 0.717) is 12.8 Å². The fraction of sp³-hybridized carbons (Fsp3) is 0.538. The summed E-state index contributed by atoms with van der Waals surface area (Å²) in [6.45, 7) is 3.59. The lowest BCUT2D eigenvalue weighted by molar-refractivity contribution is -0.385. The van der Waals surface area contributed by atoms with Crippen molar-refractivity contribution in [1.82, 2.24) is 4.72 Å². The van der Waals surface area contributed by atoms with Crippen molar-refractivity contribution in [1.29, 1.82) is 0 Å². The van der Waals surface area contributed by atoms with Crippen LogP contribution in [-0.2, 0) is 10.0 Å². The van der Waals surface area contributed by atoms with E-state index in [1.165, 1.54) is 25.1 Å². The summed E-state index contributed by atoms with van der Waals surface area (Å²) >= 11 is 0. The second kappa shape index (κ2) is 7.48. The number of aliphatic hydroxyl groups excluding tert-OH is 1. The lowest BCUT2D eigenvalue weighted by atomic mass is 10.1. The molecule has 0 spiro atoms. The number of nitro benzene ring substituents is 1. The van der Waals surface area contributed by atoms with Crippen LogP contribution < -0.4 is 4.72 Å². The standard InChI is InChI=1S/C13H20N2O5S/c1-10(9-16)5-4-8-14-21(19,20)13-7-3-6-12(11(13)2)15(17)18/h3,6-7,10,14,16H,4-5,8-9H2,1-2H3. The second-order valence-electron chi connectivity index (χ2n) is 4.99. The zero-order chi connectivity index (χ0) is 16.0. The number of rotatable bonds is 8. The van der Waals surface area contributed by atoms with Gasteiger partial charge in [-0.2, -0.15) is 0 Å². The van der Waals surface area contributed by atoms with E-state index in [0.717, 1.165) is 0 Å². The van der Waals surface area contributed by atoms with Crippen LogP contribution in [0.4, 0.5) is 5.69 Å². The van der Waals surface area contributed by atoms with Gasteiger partial charge in [-0.3, -0.25) is 10.1 Å². The van der Waals surface area contributed by atoms with Gasteiger partial charge in [-0.15, -0.1) is 0 Å². The van der Waals surface area contributed by atoms with Gasteiger partial charge in [0.25, 0.3) is 5.69 Å². The highest BCUT2D eigenvalue weighted by Crippen LogP contribution is 2.24. The Labute approximate surface area is 124 Å². The number of sulfonamides is 1. The molecule has 0 aromatic heterocycles. The van der Waals surface area contributed by atoms with Gasteiger partial charge in [-0.1, -0.05) is 13.0 Å². The van der Waals surface area contributed by atoms with E-state index >= 15 is 0 Å². The Morgan fingerprint density at radius 1 is 1.43 bits per heavy atom. The SMILES string of the molecule is Cc1c([N+](=O)[O-])cccc1S(=O)(=O)NCCCC(C)CO. The van der Waals surface area contributed by atoms with Crippen molar-refractivity contribution < 1.29 is 18.4 Å². The van der Waals surface area contributed by atoms with Crippen LogP contribution in [0.2, 0.25) is 0 Å². The number of nitrogens with zero attached hydrogens (tertiary/aromatic N) is 1. The summed E-state index contributed by atoms with van der Waals surface area (Å²) in [5.41, 5.74) is -0.0921. The summed E-state index contributed by atoms with van der Waals surface area (Å²) in [5, 5.41) is 19.7. The summed E-state index contributed by atoms with van der Waals surface area (Å²) in [7, 11) is -3.77. The molecule has 2 N–H and O–H groups in total. The van der Waals surface area contributed by atoms with Gasteiger partial charge in [-0.25, -0.2) is 13.1 Å². The molecule has 0 bridgehead atoms. The normalized spacial score (nSPS) is 13.1. The fourth-order valence-corrected chi connectivity index (χ4v) is 3.25. The van der Waals surface area contributed by atoms with Crippen LogP contribution in [0.1, 0.15) is 25.3 Å². The third kappa shape index (κ3) is 4.76.